The van der Waals surface area contributed by atoms with Crippen molar-refractivity contribution in [2.24, 2.45) is 0 Å². The van der Waals surface area contributed by atoms with Gasteiger partial charge in [-0.2, -0.15) is 0 Å². The summed E-state index contributed by atoms with van der Waals surface area (Å²) in [7, 11) is 1.62. The van der Waals surface area contributed by atoms with Crippen LogP contribution in [0.4, 0.5) is 0 Å². The number of benzene rings is 1. The van der Waals surface area contributed by atoms with Gasteiger partial charge in [-0.05, 0) is 19.9 Å². The lowest BCUT2D eigenvalue weighted by molar-refractivity contribution is 0.0906. The Morgan fingerprint density at radius 3 is 2.89 bits per heavy atom. The Morgan fingerprint density at radius 2 is 2.17 bits per heavy atom. The number of hydrogen-bond donors (Lipinski definition) is 2. The molecule has 4 nitrogen and oxygen atoms in total. The number of H-pyrrole nitrogens is 1. The van der Waals surface area contributed by atoms with Crippen molar-refractivity contribution >= 4 is 16.8 Å². The third kappa shape index (κ3) is 2.38. The summed E-state index contributed by atoms with van der Waals surface area (Å²) in [5.74, 6) is -0.0606. The minimum atomic E-state index is -0.0606. The summed E-state index contributed by atoms with van der Waals surface area (Å²) in [6.07, 6.45) is 0. The van der Waals surface area contributed by atoms with E-state index in [1.165, 1.54) is 0 Å². The Balaban J connectivity index is 2.30. The normalized spacial score (nSPS) is 12.6. The van der Waals surface area contributed by atoms with Crippen molar-refractivity contribution in [3.63, 3.8) is 0 Å². The third-order valence-corrected chi connectivity index (χ3v) is 2.91. The molecule has 1 heterocycles. The largest absolute Gasteiger partial charge is 0.383 e. The van der Waals surface area contributed by atoms with E-state index in [2.05, 4.69) is 10.3 Å². The molecule has 0 aliphatic heterocycles. The van der Waals surface area contributed by atoms with E-state index in [1.54, 1.807) is 7.11 Å². The van der Waals surface area contributed by atoms with Crippen LogP contribution < -0.4 is 5.32 Å². The molecule has 1 atom stereocenters. The third-order valence-electron chi connectivity index (χ3n) is 2.91. The van der Waals surface area contributed by atoms with Crippen molar-refractivity contribution in [1.29, 1.82) is 0 Å². The second-order valence-electron chi connectivity index (χ2n) is 4.50. The first-order valence-corrected chi connectivity index (χ1v) is 6.00. The number of aryl methyl sites for hydroxylation is 1. The Morgan fingerprint density at radius 1 is 1.44 bits per heavy atom. The number of hydrogen-bond acceptors (Lipinski definition) is 2. The Kier molecular flexibility index (Phi) is 3.67. The van der Waals surface area contributed by atoms with Crippen LogP contribution in [0.2, 0.25) is 0 Å². The Bertz CT molecular complexity index is 560. The first kappa shape index (κ1) is 12.6. The summed E-state index contributed by atoms with van der Waals surface area (Å²) < 4.78 is 5.02. The molecular weight excluding hydrogens is 228 g/mol. The van der Waals surface area contributed by atoms with Crippen LogP contribution >= 0.6 is 0 Å². The maximum absolute atomic E-state index is 12.2. The zero-order chi connectivity index (χ0) is 13.1. The van der Waals surface area contributed by atoms with Gasteiger partial charge in [-0.25, -0.2) is 0 Å². The number of rotatable bonds is 4. The number of nitrogens with one attached hydrogen (secondary N) is 2. The molecule has 0 saturated carbocycles. The molecule has 0 radical (unpaired) electrons. The molecule has 0 unspecified atom stereocenters. The highest BCUT2D eigenvalue weighted by molar-refractivity contribution is 6.08. The van der Waals surface area contributed by atoms with Gasteiger partial charge in [0.2, 0.25) is 0 Å². The van der Waals surface area contributed by atoms with Gasteiger partial charge in [0.15, 0.2) is 0 Å². The Hall–Kier alpha value is -1.81. The fourth-order valence-corrected chi connectivity index (χ4v) is 2.16. The van der Waals surface area contributed by atoms with E-state index in [4.69, 9.17) is 4.74 Å². The predicted octanol–water partition coefficient (Wildman–Crippen LogP) is 2.24. The van der Waals surface area contributed by atoms with Crippen molar-refractivity contribution in [2.45, 2.75) is 19.9 Å². The average molecular weight is 246 g/mol. The maximum atomic E-state index is 12.2. The number of amides is 1. The van der Waals surface area contributed by atoms with Gasteiger partial charge >= 0.3 is 0 Å². The van der Waals surface area contributed by atoms with Gasteiger partial charge in [0, 0.05) is 29.7 Å². The van der Waals surface area contributed by atoms with E-state index in [1.807, 2.05) is 38.1 Å². The topological polar surface area (TPSA) is 54.1 Å². The zero-order valence-electron chi connectivity index (χ0n) is 10.9. The smallest absolute Gasteiger partial charge is 0.254 e. The van der Waals surface area contributed by atoms with Crippen molar-refractivity contribution in [3.8, 4) is 0 Å². The number of aromatic amines is 1. The van der Waals surface area contributed by atoms with Crippen LogP contribution in [0, 0.1) is 6.92 Å². The van der Waals surface area contributed by atoms with E-state index in [9.17, 15) is 4.79 Å². The molecule has 0 aliphatic carbocycles. The van der Waals surface area contributed by atoms with Crippen LogP contribution in [0.25, 0.3) is 10.9 Å². The van der Waals surface area contributed by atoms with Crippen molar-refractivity contribution < 1.29 is 9.53 Å². The first-order valence-electron chi connectivity index (χ1n) is 6.00. The molecule has 18 heavy (non-hydrogen) atoms. The molecule has 0 aliphatic rings. The first-order chi connectivity index (χ1) is 8.63. The molecule has 0 fully saturated rings. The Labute approximate surface area is 106 Å². The fourth-order valence-electron chi connectivity index (χ4n) is 2.16. The number of aromatic nitrogens is 1. The average Bonchev–Trinajstić information content (AvgIpc) is 2.64. The molecule has 1 amide bonds. The number of methoxy groups -OCH3 is 1. The molecule has 1 aromatic heterocycles. The van der Waals surface area contributed by atoms with E-state index in [0.717, 1.165) is 16.6 Å². The van der Waals surface area contributed by atoms with Gasteiger partial charge in [0.1, 0.15) is 0 Å². The number of ether oxygens (including phenoxy) is 1. The molecule has 0 bridgehead atoms. The fraction of sp³-hybridized carbons (Fsp3) is 0.357. The van der Waals surface area contributed by atoms with Gasteiger partial charge < -0.3 is 15.0 Å². The lowest BCUT2D eigenvalue weighted by atomic mass is 10.1. The zero-order valence-corrected chi connectivity index (χ0v) is 10.9. The highest BCUT2D eigenvalue weighted by Crippen LogP contribution is 2.21. The van der Waals surface area contributed by atoms with E-state index >= 15 is 0 Å². The quantitative estimate of drug-likeness (QED) is 0.869. The monoisotopic (exact) mass is 246 g/mol. The summed E-state index contributed by atoms with van der Waals surface area (Å²) in [6.45, 7) is 4.34. The molecular formula is C14H18N2O2. The van der Waals surface area contributed by atoms with Crippen LogP contribution in [0.1, 0.15) is 23.0 Å². The molecule has 2 N–H and O–H groups in total. The lowest BCUT2D eigenvalue weighted by Gasteiger charge is -2.12. The summed E-state index contributed by atoms with van der Waals surface area (Å²) in [5.41, 5.74) is 2.59. The second kappa shape index (κ2) is 5.23. The van der Waals surface area contributed by atoms with E-state index in [-0.39, 0.29) is 11.9 Å². The number of fused-ring (bicyclic) bond motifs is 1. The minimum Gasteiger partial charge on any atom is -0.383 e. The summed E-state index contributed by atoms with van der Waals surface area (Å²) in [5, 5.41) is 3.89. The van der Waals surface area contributed by atoms with Gasteiger partial charge in [0.05, 0.1) is 12.2 Å². The maximum Gasteiger partial charge on any atom is 0.254 e. The number of carbonyl (C=O) groups excluding carboxylic acids is 1. The van der Waals surface area contributed by atoms with Crippen molar-refractivity contribution in [3.05, 3.63) is 35.5 Å². The minimum absolute atomic E-state index is 0.00411. The number of carbonyl (C=O) groups is 1. The molecule has 2 aromatic rings. The van der Waals surface area contributed by atoms with Crippen molar-refractivity contribution in [1.82, 2.24) is 10.3 Å². The molecule has 1 aromatic carbocycles. The van der Waals surface area contributed by atoms with Crippen LogP contribution in [0.3, 0.4) is 0 Å². The predicted molar refractivity (Wildman–Crippen MR) is 71.8 cm³/mol. The van der Waals surface area contributed by atoms with Crippen LogP contribution in [0.15, 0.2) is 24.3 Å². The SMILES string of the molecule is COC[C@H](C)NC(=O)c1c(C)[nH]c2ccccc12. The van der Waals surface area contributed by atoms with E-state index < -0.39 is 0 Å². The number of para-hydroxylation sites is 1. The lowest BCUT2D eigenvalue weighted by Crippen LogP contribution is -2.35. The second-order valence-corrected chi connectivity index (χ2v) is 4.50. The van der Waals surface area contributed by atoms with Gasteiger partial charge in [-0.15, -0.1) is 0 Å². The van der Waals surface area contributed by atoms with Gasteiger partial charge in [0.25, 0.3) is 5.91 Å². The molecule has 0 saturated heterocycles. The van der Waals surface area contributed by atoms with Crippen molar-refractivity contribution in [2.75, 3.05) is 13.7 Å². The highest BCUT2D eigenvalue weighted by Gasteiger charge is 2.17. The standard InChI is InChI=1S/C14H18N2O2/c1-9(8-18-3)15-14(17)13-10(2)16-12-7-5-4-6-11(12)13/h4-7,9,16H,8H2,1-3H3,(H,15,17)/t9-/m0/s1. The van der Waals surface area contributed by atoms with Gasteiger partial charge in [-0.3, -0.25) is 4.79 Å². The van der Waals surface area contributed by atoms with Crippen LogP contribution in [-0.2, 0) is 4.74 Å². The van der Waals surface area contributed by atoms with E-state index in [0.29, 0.717) is 12.2 Å². The molecule has 96 valence electrons. The van der Waals surface area contributed by atoms with Crippen LogP contribution in [-0.4, -0.2) is 30.6 Å². The van der Waals surface area contributed by atoms with Crippen LogP contribution in [0.5, 0.6) is 0 Å². The molecule has 2 rings (SSSR count). The highest BCUT2D eigenvalue weighted by atomic mass is 16.5. The summed E-state index contributed by atoms with van der Waals surface area (Å²) >= 11 is 0. The molecule has 4 heteroatoms. The summed E-state index contributed by atoms with van der Waals surface area (Å²) in [4.78, 5) is 15.5. The molecule has 0 spiro atoms. The summed E-state index contributed by atoms with van der Waals surface area (Å²) in [6, 6.07) is 7.81. The van der Waals surface area contributed by atoms with Gasteiger partial charge in [-0.1, -0.05) is 18.2 Å².